The molecule has 0 radical (unpaired) electrons. The zero-order chi connectivity index (χ0) is 17.8. The Balaban J connectivity index is 1.98. The first-order chi connectivity index (χ1) is 11.2. The summed E-state index contributed by atoms with van der Waals surface area (Å²) in [7, 11) is 0. The van der Waals surface area contributed by atoms with Gasteiger partial charge in [0.05, 0.1) is 0 Å². The Hall–Kier alpha value is -1.32. The van der Waals surface area contributed by atoms with E-state index in [9.17, 15) is 0 Å². The average molecular weight is 346 g/mol. The number of nitrogens with one attached hydrogen (secondary N) is 1. The van der Waals surface area contributed by atoms with Crippen LogP contribution in [0.5, 0.6) is 5.75 Å². The van der Waals surface area contributed by atoms with Gasteiger partial charge in [0, 0.05) is 18.0 Å². The summed E-state index contributed by atoms with van der Waals surface area (Å²) in [4.78, 5) is 1.36. The Morgan fingerprint density at radius 2 is 1.75 bits per heavy atom. The topological polar surface area (TPSA) is 21.3 Å². The molecule has 0 saturated heterocycles. The molecule has 0 atom stereocenters. The second-order valence-corrected chi connectivity index (χ2v) is 9.35. The van der Waals surface area contributed by atoms with Gasteiger partial charge in [-0.3, -0.25) is 0 Å². The van der Waals surface area contributed by atoms with Gasteiger partial charge in [-0.05, 0) is 39.5 Å². The van der Waals surface area contributed by atoms with Crippen molar-refractivity contribution in [3.05, 3.63) is 51.7 Å². The Kier molecular flexibility index (Phi) is 6.11. The predicted octanol–water partition coefficient (Wildman–Crippen LogP) is 5.51. The van der Waals surface area contributed by atoms with Gasteiger partial charge in [-0.2, -0.15) is 0 Å². The molecule has 0 aliphatic rings. The van der Waals surface area contributed by atoms with E-state index in [0.29, 0.717) is 6.61 Å². The smallest absolute Gasteiger partial charge is 0.123 e. The molecule has 0 aliphatic carbocycles. The Labute approximate surface area is 151 Å². The Morgan fingerprint density at radius 1 is 1.00 bits per heavy atom. The van der Waals surface area contributed by atoms with Gasteiger partial charge in [0.1, 0.15) is 12.4 Å². The van der Waals surface area contributed by atoms with E-state index in [4.69, 9.17) is 4.74 Å². The van der Waals surface area contributed by atoms with Crippen LogP contribution in [0, 0.1) is 0 Å². The van der Waals surface area contributed by atoms with Gasteiger partial charge in [0.25, 0.3) is 0 Å². The van der Waals surface area contributed by atoms with Crippen LogP contribution >= 0.6 is 11.3 Å². The van der Waals surface area contributed by atoms with Crippen LogP contribution in [0.15, 0.2) is 35.7 Å². The van der Waals surface area contributed by atoms with Crippen LogP contribution in [0.25, 0.3) is 0 Å². The average Bonchev–Trinajstić information content (AvgIpc) is 2.98. The van der Waals surface area contributed by atoms with Crippen molar-refractivity contribution < 1.29 is 4.74 Å². The molecule has 0 saturated carbocycles. The fourth-order valence-corrected chi connectivity index (χ4v) is 3.24. The zero-order valence-electron chi connectivity index (χ0n) is 15.9. The van der Waals surface area contributed by atoms with Crippen LogP contribution in [-0.4, -0.2) is 13.2 Å². The van der Waals surface area contributed by atoms with Crippen LogP contribution in [-0.2, 0) is 17.4 Å². The second kappa shape index (κ2) is 7.71. The maximum absolute atomic E-state index is 6.09. The molecule has 2 nitrogen and oxygen atoms in total. The van der Waals surface area contributed by atoms with Gasteiger partial charge >= 0.3 is 0 Å². The lowest BCUT2D eigenvalue weighted by molar-refractivity contribution is 0.305. The molecule has 3 heteroatoms. The molecule has 0 aliphatic heterocycles. The van der Waals surface area contributed by atoms with Gasteiger partial charge in [0.15, 0.2) is 0 Å². The van der Waals surface area contributed by atoms with Crippen LogP contribution in [0.2, 0.25) is 0 Å². The molecule has 1 aromatic carbocycles. The van der Waals surface area contributed by atoms with Crippen molar-refractivity contribution in [2.45, 2.75) is 58.9 Å². The zero-order valence-corrected chi connectivity index (χ0v) is 16.7. The molecule has 0 bridgehead atoms. The van der Waals surface area contributed by atoms with E-state index in [1.54, 1.807) is 11.3 Å². The van der Waals surface area contributed by atoms with E-state index in [0.717, 1.165) is 18.8 Å². The first kappa shape index (κ1) is 19.0. The maximum atomic E-state index is 6.09. The molecule has 132 valence electrons. The summed E-state index contributed by atoms with van der Waals surface area (Å²) in [5.41, 5.74) is 2.87. The first-order valence-electron chi connectivity index (χ1n) is 8.69. The van der Waals surface area contributed by atoms with E-state index in [1.807, 2.05) is 0 Å². The molecule has 1 aromatic heterocycles. The van der Waals surface area contributed by atoms with E-state index in [-0.39, 0.29) is 10.8 Å². The van der Waals surface area contributed by atoms with Crippen molar-refractivity contribution in [2.75, 3.05) is 13.2 Å². The molecule has 1 N–H and O–H groups in total. The highest BCUT2D eigenvalue weighted by molar-refractivity contribution is 7.09. The van der Waals surface area contributed by atoms with Crippen molar-refractivity contribution in [1.82, 2.24) is 5.32 Å². The van der Waals surface area contributed by atoms with Gasteiger partial charge in [0.2, 0.25) is 0 Å². The third-order valence-electron chi connectivity index (χ3n) is 4.07. The van der Waals surface area contributed by atoms with Gasteiger partial charge in [-0.15, -0.1) is 11.3 Å². The number of rotatable bonds is 6. The summed E-state index contributed by atoms with van der Waals surface area (Å²) < 4.78 is 6.09. The summed E-state index contributed by atoms with van der Waals surface area (Å²) in [5.74, 6) is 1.01. The highest BCUT2D eigenvalue weighted by atomic mass is 32.1. The number of hydrogen-bond donors (Lipinski definition) is 1. The summed E-state index contributed by atoms with van der Waals surface area (Å²) in [5, 5.41) is 5.55. The van der Waals surface area contributed by atoms with E-state index in [2.05, 4.69) is 82.6 Å². The van der Waals surface area contributed by atoms with Crippen LogP contribution in [0.1, 0.15) is 57.5 Å². The molecular weight excluding hydrogens is 314 g/mol. The van der Waals surface area contributed by atoms with Crippen molar-refractivity contribution in [2.24, 2.45) is 0 Å². The highest BCUT2D eigenvalue weighted by Gasteiger charge is 2.22. The van der Waals surface area contributed by atoms with Crippen molar-refractivity contribution in [1.29, 1.82) is 0 Å². The quantitative estimate of drug-likeness (QED) is 0.697. The minimum absolute atomic E-state index is 0.0704. The van der Waals surface area contributed by atoms with E-state index >= 15 is 0 Å². The molecular formula is C21H31NOS. The molecule has 2 rings (SSSR count). The number of ether oxygens (including phenoxy) is 1. The Morgan fingerprint density at radius 3 is 2.33 bits per heavy atom. The molecule has 0 unspecified atom stereocenters. The molecule has 0 amide bonds. The Bertz CT molecular complexity index is 633. The van der Waals surface area contributed by atoms with Gasteiger partial charge in [-0.25, -0.2) is 0 Å². The van der Waals surface area contributed by atoms with Crippen molar-refractivity contribution in [3.8, 4) is 5.75 Å². The monoisotopic (exact) mass is 345 g/mol. The standard InChI is InChI=1S/C21H31NOS/c1-20(2,3)16-9-10-19(18(14-16)21(4,5)6)23-12-11-22-15-17-8-7-13-24-17/h7-10,13-14,22H,11-12,15H2,1-6H3. The third-order valence-corrected chi connectivity index (χ3v) is 4.95. The second-order valence-electron chi connectivity index (χ2n) is 8.32. The summed E-state index contributed by atoms with van der Waals surface area (Å²) in [6.45, 7) is 15.9. The third kappa shape index (κ3) is 5.35. The maximum Gasteiger partial charge on any atom is 0.123 e. The molecule has 0 spiro atoms. The fraction of sp³-hybridized carbons (Fsp3) is 0.524. The summed E-state index contributed by atoms with van der Waals surface area (Å²) in [6, 6.07) is 10.9. The van der Waals surface area contributed by atoms with Gasteiger partial charge in [-0.1, -0.05) is 59.7 Å². The lowest BCUT2D eigenvalue weighted by Crippen LogP contribution is -2.22. The van der Waals surface area contributed by atoms with Crippen molar-refractivity contribution in [3.63, 3.8) is 0 Å². The molecule has 24 heavy (non-hydrogen) atoms. The van der Waals surface area contributed by atoms with E-state index < -0.39 is 0 Å². The van der Waals surface area contributed by atoms with Gasteiger partial charge < -0.3 is 10.1 Å². The highest BCUT2D eigenvalue weighted by Crippen LogP contribution is 2.35. The van der Waals surface area contributed by atoms with E-state index in [1.165, 1.54) is 16.0 Å². The SMILES string of the molecule is CC(C)(C)c1ccc(OCCNCc2cccs2)c(C(C)(C)C)c1. The molecule has 2 aromatic rings. The molecule has 1 heterocycles. The van der Waals surface area contributed by atoms with Crippen LogP contribution in [0.3, 0.4) is 0 Å². The summed E-state index contributed by atoms with van der Waals surface area (Å²) in [6.07, 6.45) is 0. The normalized spacial score (nSPS) is 12.4. The first-order valence-corrected chi connectivity index (χ1v) is 9.57. The minimum atomic E-state index is 0.0704. The van der Waals surface area contributed by atoms with Crippen LogP contribution < -0.4 is 10.1 Å². The fourth-order valence-electron chi connectivity index (χ4n) is 2.57. The largest absolute Gasteiger partial charge is 0.492 e. The molecule has 0 fully saturated rings. The summed E-state index contributed by atoms with van der Waals surface area (Å²) >= 11 is 1.78. The van der Waals surface area contributed by atoms with Crippen molar-refractivity contribution >= 4 is 11.3 Å². The lowest BCUT2D eigenvalue weighted by Gasteiger charge is -2.27. The number of hydrogen-bond acceptors (Lipinski definition) is 3. The van der Waals surface area contributed by atoms with Crippen LogP contribution in [0.4, 0.5) is 0 Å². The lowest BCUT2D eigenvalue weighted by atomic mass is 9.80. The predicted molar refractivity (Wildman–Crippen MR) is 105 cm³/mol. The minimum Gasteiger partial charge on any atom is -0.492 e. The number of thiophene rings is 1. The number of benzene rings is 1.